The zero-order valence-electron chi connectivity index (χ0n) is 8.01. The van der Waals surface area contributed by atoms with Crippen molar-refractivity contribution in [2.45, 2.75) is 6.42 Å². The number of nitrogens with one attached hydrogen (secondary N) is 1. The Morgan fingerprint density at radius 1 is 1.43 bits per heavy atom. The Hall–Kier alpha value is -1.42. The fourth-order valence-corrected chi connectivity index (χ4v) is 1.38. The minimum atomic E-state index is -0.356. The van der Waals surface area contributed by atoms with Crippen LogP contribution in [-0.2, 0) is 6.42 Å². The molecule has 1 aliphatic heterocycles. The van der Waals surface area contributed by atoms with Gasteiger partial charge in [0.25, 0.3) is 5.91 Å². The van der Waals surface area contributed by atoms with Gasteiger partial charge in [-0.15, -0.1) is 0 Å². The van der Waals surface area contributed by atoms with Crippen LogP contribution in [0, 0.1) is 5.82 Å². The number of rotatable bonds is 0. The molecule has 0 spiro atoms. The van der Waals surface area contributed by atoms with Crippen LogP contribution >= 0.6 is 0 Å². The Bertz CT molecular complexity index is 339. The highest BCUT2D eigenvalue weighted by Crippen LogP contribution is 2.14. The summed E-state index contributed by atoms with van der Waals surface area (Å²) in [5, 5.41) is 2.66. The molecule has 1 heterocycles. The van der Waals surface area contributed by atoms with E-state index in [0.717, 1.165) is 12.0 Å². The van der Waals surface area contributed by atoms with Crippen molar-refractivity contribution in [2.24, 2.45) is 5.73 Å². The number of benzene rings is 1. The third-order valence-electron chi connectivity index (χ3n) is 2.00. The fraction of sp³-hybridized carbons (Fsp3) is 0.300. The molecule has 4 heteroatoms. The molecule has 1 aromatic carbocycles. The predicted molar refractivity (Wildman–Crippen MR) is 52.5 cm³/mol. The lowest BCUT2D eigenvalue weighted by Gasteiger charge is -2.15. The number of hydrogen-bond donors (Lipinski definition) is 2. The fourth-order valence-electron chi connectivity index (χ4n) is 1.38. The van der Waals surface area contributed by atoms with Crippen LogP contribution in [0.2, 0.25) is 0 Å². The van der Waals surface area contributed by atoms with Crippen LogP contribution in [0.1, 0.15) is 15.9 Å². The maximum absolute atomic E-state index is 12.7. The van der Waals surface area contributed by atoms with Crippen molar-refractivity contribution >= 4 is 5.91 Å². The standard InChI is InChI=1S/C9H8FNO.CH5N/c10-7-2-1-6-3-4-11-9(12)8(6)5-7;1-2/h1-2,5H,3-4H2,(H,11,12);2H2,1H3. The summed E-state index contributed by atoms with van der Waals surface area (Å²) < 4.78 is 12.7. The first-order chi connectivity index (χ1) is 6.77. The van der Waals surface area contributed by atoms with E-state index in [1.54, 1.807) is 6.07 Å². The van der Waals surface area contributed by atoms with E-state index in [0.29, 0.717) is 12.1 Å². The maximum Gasteiger partial charge on any atom is 0.251 e. The summed E-state index contributed by atoms with van der Waals surface area (Å²) in [5.41, 5.74) is 5.90. The summed E-state index contributed by atoms with van der Waals surface area (Å²) in [5.74, 6) is -0.526. The van der Waals surface area contributed by atoms with Gasteiger partial charge in [0.15, 0.2) is 0 Å². The first-order valence-corrected chi connectivity index (χ1v) is 4.42. The number of carbonyl (C=O) groups excluding carboxylic acids is 1. The quantitative estimate of drug-likeness (QED) is 0.641. The Labute approximate surface area is 82.1 Å². The van der Waals surface area contributed by atoms with Gasteiger partial charge in [0.2, 0.25) is 0 Å². The van der Waals surface area contributed by atoms with Crippen LogP contribution in [0.5, 0.6) is 0 Å². The lowest BCUT2D eigenvalue weighted by molar-refractivity contribution is 0.0945. The molecule has 2 rings (SSSR count). The molecule has 0 radical (unpaired) electrons. The minimum absolute atomic E-state index is 0.171. The maximum atomic E-state index is 12.7. The Kier molecular flexibility index (Phi) is 3.59. The molecule has 0 aliphatic carbocycles. The zero-order valence-corrected chi connectivity index (χ0v) is 8.01. The lowest BCUT2D eigenvalue weighted by atomic mass is 10.0. The van der Waals surface area contributed by atoms with E-state index in [1.807, 2.05) is 0 Å². The lowest BCUT2D eigenvalue weighted by Crippen LogP contribution is -2.31. The van der Waals surface area contributed by atoms with E-state index in [-0.39, 0.29) is 11.7 Å². The molecular weight excluding hydrogens is 183 g/mol. The summed E-state index contributed by atoms with van der Waals surface area (Å²) in [6.45, 7) is 0.650. The van der Waals surface area contributed by atoms with Crippen LogP contribution in [0.4, 0.5) is 4.39 Å². The van der Waals surface area contributed by atoms with Gasteiger partial charge in [-0.3, -0.25) is 4.79 Å². The summed E-state index contributed by atoms with van der Waals surface area (Å²) in [7, 11) is 1.50. The topological polar surface area (TPSA) is 55.1 Å². The number of fused-ring (bicyclic) bond motifs is 1. The monoisotopic (exact) mass is 196 g/mol. The van der Waals surface area contributed by atoms with E-state index in [9.17, 15) is 9.18 Å². The van der Waals surface area contributed by atoms with Gasteiger partial charge in [0.05, 0.1) is 0 Å². The number of amides is 1. The van der Waals surface area contributed by atoms with Gasteiger partial charge in [-0.25, -0.2) is 4.39 Å². The molecule has 0 bridgehead atoms. The van der Waals surface area contributed by atoms with Crippen molar-refractivity contribution in [1.29, 1.82) is 0 Å². The average molecular weight is 196 g/mol. The second-order valence-electron chi connectivity index (χ2n) is 2.81. The molecule has 1 aliphatic rings. The van der Waals surface area contributed by atoms with E-state index < -0.39 is 0 Å². The van der Waals surface area contributed by atoms with Crippen molar-refractivity contribution in [3.05, 3.63) is 35.1 Å². The Morgan fingerprint density at radius 3 is 2.86 bits per heavy atom. The van der Waals surface area contributed by atoms with Gasteiger partial charge in [-0.05, 0) is 31.2 Å². The van der Waals surface area contributed by atoms with Gasteiger partial charge in [0, 0.05) is 12.1 Å². The molecule has 14 heavy (non-hydrogen) atoms. The molecule has 0 saturated carbocycles. The van der Waals surface area contributed by atoms with Crippen LogP contribution < -0.4 is 11.1 Å². The summed E-state index contributed by atoms with van der Waals surface area (Å²) >= 11 is 0. The zero-order chi connectivity index (χ0) is 10.6. The molecule has 1 aromatic rings. The smallest absolute Gasteiger partial charge is 0.251 e. The van der Waals surface area contributed by atoms with E-state index in [2.05, 4.69) is 11.1 Å². The van der Waals surface area contributed by atoms with E-state index in [1.165, 1.54) is 19.2 Å². The van der Waals surface area contributed by atoms with Crippen molar-refractivity contribution in [2.75, 3.05) is 13.6 Å². The highest BCUT2D eigenvalue weighted by atomic mass is 19.1. The molecule has 3 N–H and O–H groups in total. The summed E-state index contributed by atoms with van der Waals surface area (Å²) in [6.07, 6.45) is 0.793. The first kappa shape index (κ1) is 10.7. The highest BCUT2D eigenvalue weighted by molar-refractivity contribution is 5.96. The molecule has 0 atom stereocenters. The van der Waals surface area contributed by atoms with Gasteiger partial charge in [-0.1, -0.05) is 6.07 Å². The van der Waals surface area contributed by atoms with Gasteiger partial charge in [0.1, 0.15) is 5.82 Å². The number of hydrogen-bond acceptors (Lipinski definition) is 2. The minimum Gasteiger partial charge on any atom is -0.352 e. The van der Waals surface area contributed by atoms with Crippen molar-refractivity contribution < 1.29 is 9.18 Å². The predicted octanol–water partition coefficient (Wildman–Crippen LogP) is 0.686. The van der Waals surface area contributed by atoms with E-state index >= 15 is 0 Å². The number of halogens is 1. The van der Waals surface area contributed by atoms with Crippen molar-refractivity contribution in [3.8, 4) is 0 Å². The number of nitrogens with two attached hydrogens (primary N) is 1. The first-order valence-electron chi connectivity index (χ1n) is 4.42. The molecule has 1 amide bonds. The SMILES string of the molecule is CN.O=C1NCCc2ccc(F)cc21. The molecular formula is C10H13FN2O. The van der Waals surface area contributed by atoms with Gasteiger partial charge >= 0.3 is 0 Å². The average Bonchev–Trinajstić information content (AvgIpc) is 2.22. The second kappa shape index (κ2) is 4.72. The molecule has 3 nitrogen and oxygen atoms in total. The highest BCUT2D eigenvalue weighted by Gasteiger charge is 2.16. The largest absolute Gasteiger partial charge is 0.352 e. The van der Waals surface area contributed by atoms with Crippen LogP contribution in [0.25, 0.3) is 0 Å². The Balaban J connectivity index is 0.000000461. The van der Waals surface area contributed by atoms with Crippen LogP contribution in [0.3, 0.4) is 0 Å². The van der Waals surface area contributed by atoms with Crippen LogP contribution in [-0.4, -0.2) is 19.5 Å². The third-order valence-corrected chi connectivity index (χ3v) is 2.00. The molecule has 0 aromatic heterocycles. The van der Waals surface area contributed by atoms with Crippen molar-refractivity contribution in [1.82, 2.24) is 5.32 Å². The molecule has 76 valence electrons. The van der Waals surface area contributed by atoms with E-state index in [4.69, 9.17) is 0 Å². The normalized spacial score (nSPS) is 13.5. The van der Waals surface area contributed by atoms with Crippen molar-refractivity contribution in [3.63, 3.8) is 0 Å². The second-order valence-corrected chi connectivity index (χ2v) is 2.81. The summed E-state index contributed by atoms with van der Waals surface area (Å²) in [4.78, 5) is 11.2. The molecule has 0 fully saturated rings. The summed E-state index contributed by atoms with van der Waals surface area (Å²) in [6, 6.07) is 4.34. The van der Waals surface area contributed by atoms with Gasteiger partial charge < -0.3 is 11.1 Å². The molecule has 0 unspecified atom stereocenters. The number of carbonyl (C=O) groups is 1. The van der Waals surface area contributed by atoms with Gasteiger partial charge in [-0.2, -0.15) is 0 Å². The van der Waals surface area contributed by atoms with Crippen LogP contribution in [0.15, 0.2) is 18.2 Å². The third kappa shape index (κ3) is 2.09. The Morgan fingerprint density at radius 2 is 2.14 bits per heavy atom. The molecule has 0 saturated heterocycles.